The number of aryl methyl sites for hydroxylation is 1. The second kappa shape index (κ2) is 6.67. The van der Waals surface area contributed by atoms with Crippen LogP contribution in [0.4, 0.5) is 18.9 Å². The highest BCUT2D eigenvalue weighted by molar-refractivity contribution is 7.89. The van der Waals surface area contributed by atoms with E-state index in [1.807, 2.05) is 0 Å². The zero-order chi connectivity index (χ0) is 18.1. The van der Waals surface area contributed by atoms with Gasteiger partial charge in [-0.3, -0.25) is 10.1 Å². The van der Waals surface area contributed by atoms with E-state index in [0.717, 1.165) is 12.1 Å². The molecule has 1 aromatic rings. The lowest BCUT2D eigenvalue weighted by molar-refractivity contribution is -0.385. The number of hydrogen-bond donors (Lipinski definition) is 1. The van der Waals surface area contributed by atoms with Gasteiger partial charge >= 0.3 is 6.18 Å². The molecule has 134 valence electrons. The maximum Gasteiger partial charge on any atom is 0.405 e. The predicted octanol–water partition coefficient (Wildman–Crippen LogP) is 3.30. The highest BCUT2D eigenvalue weighted by Gasteiger charge is 2.47. The molecule has 0 amide bonds. The van der Waals surface area contributed by atoms with Crippen molar-refractivity contribution in [3.05, 3.63) is 33.9 Å². The first-order chi connectivity index (χ1) is 11.0. The van der Waals surface area contributed by atoms with Crippen molar-refractivity contribution >= 4 is 15.7 Å². The van der Waals surface area contributed by atoms with E-state index in [0.29, 0.717) is 25.7 Å². The number of hydrogen-bond acceptors (Lipinski definition) is 4. The normalized spacial score (nSPS) is 17.8. The summed E-state index contributed by atoms with van der Waals surface area (Å²) in [7, 11) is -4.53. The van der Waals surface area contributed by atoms with Crippen LogP contribution in [0.15, 0.2) is 23.1 Å². The van der Waals surface area contributed by atoms with Crippen molar-refractivity contribution in [2.24, 2.45) is 5.92 Å². The lowest BCUT2D eigenvalue weighted by Crippen LogP contribution is -2.49. The number of nitrogens with zero attached hydrogens (tertiary/aromatic N) is 1. The Morgan fingerprint density at radius 2 is 1.88 bits per heavy atom. The zero-order valence-electron chi connectivity index (χ0n) is 12.8. The van der Waals surface area contributed by atoms with Crippen molar-refractivity contribution in [3.8, 4) is 0 Å². The van der Waals surface area contributed by atoms with E-state index < -0.39 is 43.7 Å². The molecule has 0 bridgehead atoms. The Morgan fingerprint density at radius 1 is 1.29 bits per heavy atom. The molecule has 0 aliphatic heterocycles. The second-order valence-corrected chi connectivity index (χ2v) is 7.60. The van der Waals surface area contributed by atoms with Gasteiger partial charge in [0, 0.05) is 11.6 Å². The molecule has 0 saturated heterocycles. The monoisotopic (exact) mass is 366 g/mol. The van der Waals surface area contributed by atoms with Crippen LogP contribution in [-0.4, -0.2) is 25.6 Å². The first-order valence-corrected chi connectivity index (χ1v) is 8.85. The Balaban J connectivity index is 2.35. The lowest BCUT2D eigenvalue weighted by atomic mass is 9.99. The summed E-state index contributed by atoms with van der Waals surface area (Å²) in [5, 5.41) is 10.9. The summed E-state index contributed by atoms with van der Waals surface area (Å²) in [6.07, 6.45) is -2.90. The molecule has 24 heavy (non-hydrogen) atoms. The highest BCUT2D eigenvalue weighted by Crippen LogP contribution is 2.36. The maximum atomic E-state index is 13.3. The fourth-order valence-corrected chi connectivity index (χ4v) is 4.22. The van der Waals surface area contributed by atoms with E-state index in [1.165, 1.54) is 13.0 Å². The fraction of sp³-hybridized carbons (Fsp3) is 0.571. The Hall–Kier alpha value is -1.68. The molecular formula is C14H17F3N2O4S. The van der Waals surface area contributed by atoms with Gasteiger partial charge < -0.3 is 0 Å². The minimum atomic E-state index is -4.72. The van der Waals surface area contributed by atoms with Gasteiger partial charge in [0.2, 0.25) is 10.0 Å². The summed E-state index contributed by atoms with van der Waals surface area (Å²) >= 11 is 0. The number of nitro groups is 1. The fourth-order valence-electron chi connectivity index (χ4n) is 2.91. The zero-order valence-corrected chi connectivity index (χ0v) is 13.7. The van der Waals surface area contributed by atoms with Crippen LogP contribution in [0.1, 0.15) is 31.2 Å². The van der Waals surface area contributed by atoms with Crippen LogP contribution >= 0.6 is 0 Å². The van der Waals surface area contributed by atoms with E-state index in [2.05, 4.69) is 0 Å². The molecular weight excluding hydrogens is 349 g/mol. The van der Waals surface area contributed by atoms with Crippen LogP contribution in [0, 0.1) is 23.0 Å². The summed E-state index contributed by atoms with van der Waals surface area (Å²) < 4.78 is 66.1. The van der Waals surface area contributed by atoms with Crippen LogP contribution in [0.25, 0.3) is 0 Å². The lowest BCUT2D eigenvalue weighted by Gasteiger charge is -2.26. The number of rotatable bonds is 5. The molecule has 1 fully saturated rings. The quantitative estimate of drug-likeness (QED) is 0.640. The molecule has 1 aromatic carbocycles. The highest BCUT2D eigenvalue weighted by atomic mass is 32.2. The molecule has 0 heterocycles. The number of alkyl halides is 3. The largest absolute Gasteiger partial charge is 0.405 e. The van der Waals surface area contributed by atoms with Gasteiger partial charge in [0.1, 0.15) is 6.04 Å². The van der Waals surface area contributed by atoms with Gasteiger partial charge in [-0.2, -0.15) is 17.9 Å². The second-order valence-electron chi connectivity index (χ2n) is 5.89. The predicted molar refractivity (Wildman–Crippen MR) is 80.0 cm³/mol. The van der Waals surface area contributed by atoms with Gasteiger partial charge in [-0.25, -0.2) is 8.42 Å². The van der Waals surface area contributed by atoms with E-state index in [1.54, 1.807) is 4.72 Å². The Bertz CT molecular complexity index is 728. The van der Waals surface area contributed by atoms with E-state index in [9.17, 15) is 31.7 Å². The molecule has 6 nitrogen and oxygen atoms in total. The third-order valence-electron chi connectivity index (χ3n) is 4.19. The standard InChI is InChI=1S/C14H17F3N2O4S/c1-9-6-7-11(8-12(9)19(20)21)24(22,23)18-13(14(15,16)17)10-4-2-3-5-10/h6-8,10,13,18H,2-5H2,1H3/t13-/m1/s1. The Labute approximate surface area is 137 Å². The average molecular weight is 366 g/mol. The van der Waals surface area contributed by atoms with E-state index in [4.69, 9.17) is 0 Å². The van der Waals surface area contributed by atoms with Gasteiger partial charge in [0.25, 0.3) is 5.69 Å². The van der Waals surface area contributed by atoms with Crippen LogP contribution in [-0.2, 0) is 10.0 Å². The third-order valence-corrected chi connectivity index (χ3v) is 5.63. The van der Waals surface area contributed by atoms with Crippen molar-refractivity contribution in [2.75, 3.05) is 0 Å². The minimum absolute atomic E-state index is 0.224. The van der Waals surface area contributed by atoms with Crippen LogP contribution in [0.5, 0.6) is 0 Å². The first-order valence-electron chi connectivity index (χ1n) is 7.36. The van der Waals surface area contributed by atoms with Gasteiger partial charge in [-0.1, -0.05) is 18.9 Å². The van der Waals surface area contributed by atoms with Gasteiger partial charge in [0.15, 0.2) is 0 Å². The summed E-state index contributed by atoms with van der Waals surface area (Å²) in [5.74, 6) is -0.819. The van der Waals surface area contributed by atoms with Crippen LogP contribution < -0.4 is 4.72 Å². The summed E-state index contributed by atoms with van der Waals surface area (Å²) in [4.78, 5) is 9.58. The molecule has 10 heteroatoms. The summed E-state index contributed by atoms with van der Waals surface area (Å²) in [6.45, 7) is 1.42. The van der Waals surface area contributed by atoms with Crippen molar-refractivity contribution in [3.63, 3.8) is 0 Å². The van der Waals surface area contributed by atoms with Crippen LogP contribution in [0.2, 0.25) is 0 Å². The molecule has 2 rings (SSSR count). The molecule has 0 aromatic heterocycles. The molecule has 1 atom stereocenters. The van der Waals surface area contributed by atoms with Crippen LogP contribution in [0.3, 0.4) is 0 Å². The smallest absolute Gasteiger partial charge is 0.258 e. The van der Waals surface area contributed by atoms with Gasteiger partial charge in [0.05, 0.1) is 9.82 Å². The Kier molecular flexibility index (Phi) is 5.19. The molecule has 0 unspecified atom stereocenters. The SMILES string of the molecule is Cc1ccc(S(=O)(=O)N[C@H](C2CCCC2)C(F)(F)F)cc1[N+](=O)[O-]. The van der Waals surface area contributed by atoms with Crippen molar-refractivity contribution in [2.45, 2.75) is 49.7 Å². The first kappa shape index (κ1) is 18.7. The third kappa shape index (κ3) is 4.04. The molecule has 1 N–H and O–H groups in total. The van der Waals surface area contributed by atoms with Gasteiger partial charge in [-0.05, 0) is 31.7 Å². The van der Waals surface area contributed by atoms with Crippen molar-refractivity contribution < 1.29 is 26.5 Å². The molecule has 1 aliphatic rings. The minimum Gasteiger partial charge on any atom is -0.258 e. The molecule has 1 saturated carbocycles. The summed E-state index contributed by atoms with van der Waals surface area (Å²) in [5.41, 5.74) is -0.232. The van der Waals surface area contributed by atoms with Crippen molar-refractivity contribution in [1.82, 2.24) is 4.72 Å². The van der Waals surface area contributed by atoms with Gasteiger partial charge in [-0.15, -0.1) is 0 Å². The van der Waals surface area contributed by atoms with Crippen molar-refractivity contribution in [1.29, 1.82) is 0 Å². The Morgan fingerprint density at radius 3 is 2.38 bits per heavy atom. The van der Waals surface area contributed by atoms with E-state index >= 15 is 0 Å². The number of halogens is 3. The number of sulfonamides is 1. The molecule has 1 aliphatic carbocycles. The number of benzene rings is 1. The topological polar surface area (TPSA) is 89.3 Å². The number of nitro benzene ring substituents is 1. The average Bonchev–Trinajstić information content (AvgIpc) is 2.97. The maximum absolute atomic E-state index is 13.3. The summed E-state index contributed by atoms with van der Waals surface area (Å²) in [6, 6.07) is 0.850. The molecule has 0 spiro atoms. The molecule has 0 radical (unpaired) electrons. The number of nitrogens with one attached hydrogen (secondary N) is 1. The van der Waals surface area contributed by atoms with E-state index in [-0.39, 0.29) is 5.56 Å².